The molecule has 1 N–H and O–H groups in total. The Morgan fingerprint density at radius 1 is 1.35 bits per heavy atom. The Kier molecular flexibility index (Phi) is 6.24. The number of halogens is 3. The molecule has 1 rings (SSSR count). The van der Waals surface area contributed by atoms with E-state index in [0.717, 1.165) is 6.42 Å². The fourth-order valence-electron chi connectivity index (χ4n) is 1.71. The number of hydrogen-bond donors (Lipinski definition) is 1. The molecule has 0 fully saturated rings. The predicted octanol–water partition coefficient (Wildman–Crippen LogP) is 4.22. The summed E-state index contributed by atoms with van der Waals surface area (Å²) in [5.74, 6) is 0.746. The molecule has 17 heavy (non-hydrogen) atoms. The molecule has 0 bridgehead atoms. The van der Waals surface area contributed by atoms with E-state index in [1.165, 1.54) is 0 Å². The van der Waals surface area contributed by atoms with E-state index < -0.39 is 0 Å². The van der Waals surface area contributed by atoms with Gasteiger partial charge in [-0.05, 0) is 18.4 Å². The molecule has 1 aromatic carbocycles. The summed E-state index contributed by atoms with van der Waals surface area (Å²) < 4.78 is 13.6. The lowest BCUT2D eigenvalue weighted by atomic mass is 10.0. The Balaban J connectivity index is 2.56. The summed E-state index contributed by atoms with van der Waals surface area (Å²) in [6, 6.07) is 5.23. The van der Waals surface area contributed by atoms with E-state index in [0.29, 0.717) is 23.9 Å². The Hall–Kier alpha value is -0.310. The third kappa shape index (κ3) is 4.82. The van der Waals surface area contributed by atoms with Crippen molar-refractivity contribution in [3.05, 3.63) is 34.6 Å². The lowest BCUT2D eigenvalue weighted by Crippen LogP contribution is -2.31. The summed E-state index contributed by atoms with van der Waals surface area (Å²) in [6.45, 7) is 4.74. The van der Waals surface area contributed by atoms with Gasteiger partial charge in [-0.3, -0.25) is 0 Å². The van der Waals surface area contributed by atoms with Crippen molar-refractivity contribution in [2.45, 2.75) is 32.9 Å². The van der Waals surface area contributed by atoms with Crippen molar-refractivity contribution in [2.24, 2.45) is 5.92 Å². The molecule has 0 saturated heterocycles. The maximum absolute atomic E-state index is 13.6. The van der Waals surface area contributed by atoms with Crippen LogP contribution in [0.3, 0.4) is 0 Å². The van der Waals surface area contributed by atoms with Gasteiger partial charge in [-0.2, -0.15) is 0 Å². The summed E-state index contributed by atoms with van der Waals surface area (Å²) in [6.07, 6.45) is 0.978. The van der Waals surface area contributed by atoms with Crippen molar-refractivity contribution in [2.75, 3.05) is 5.88 Å². The second-order valence-electron chi connectivity index (χ2n) is 4.57. The summed E-state index contributed by atoms with van der Waals surface area (Å²) in [7, 11) is 0. The van der Waals surface area contributed by atoms with E-state index in [9.17, 15) is 4.39 Å². The summed E-state index contributed by atoms with van der Waals surface area (Å²) in [4.78, 5) is 0. The SMILES string of the molecule is CC(C)CC(CCl)NCc1cccc(Cl)c1F. The Morgan fingerprint density at radius 2 is 2.06 bits per heavy atom. The first-order valence-electron chi connectivity index (χ1n) is 5.76. The van der Waals surface area contributed by atoms with Gasteiger partial charge in [0.05, 0.1) is 5.02 Å². The van der Waals surface area contributed by atoms with Crippen molar-refractivity contribution < 1.29 is 4.39 Å². The standard InChI is InChI=1S/C13H18Cl2FN/c1-9(2)6-11(7-14)17-8-10-4-3-5-12(15)13(10)16/h3-5,9,11,17H,6-8H2,1-2H3. The molecule has 96 valence electrons. The molecular weight excluding hydrogens is 260 g/mol. The van der Waals surface area contributed by atoms with Gasteiger partial charge < -0.3 is 5.32 Å². The molecule has 0 aliphatic carbocycles. The van der Waals surface area contributed by atoms with Crippen LogP contribution in [-0.4, -0.2) is 11.9 Å². The second kappa shape index (κ2) is 7.20. The third-order valence-corrected chi connectivity index (χ3v) is 3.22. The van der Waals surface area contributed by atoms with Gasteiger partial charge in [-0.25, -0.2) is 4.39 Å². The lowest BCUT2D eigenvalue weighted by Gasteiger charge is -2.18. The topological polar surface area (TPSA) is 12.0 Å². The van der Waals surface area contributed by atoms with Gasteiger partial charge in [0, 0.05) is 24.0 Å². The van der Waals surface area contributed by atoms with E-state index in [4.69, 9.17) is 23.2 Å². The fraction of sp³-hybridized carbons (Fsp3) is 0.538. The van der Waals surface area contributed by atoms with Crippen LogP contribution in [0.4, 0.5) is 4.39 Å². The zero-order valence-corrected chi connectivity index (χ0v) is 11.7. The smallest absolute Gasteiger partial charge is 0.146 e. The van der Waals surface area contributed by atoms with Crippen LogP contribution in [-0.2, 0) is 6.54 Å². The highest BCUT2D eigenvalue weighted by Crippen LogP contribution is 2.18. The predicted molar refractivity (Wildman–Crippen MR) is 72.2 cm³/mol. The Morgan fingerprint density at radius 3 is 2.65 bits per heavy atom. The quantitative estimate of drug-likeness (QED) is 0.768. The van der Waals surface area contributed by atoms with Gasteiger partial charge in [0.1, 0.15) is 5.82 Å². The average Bonchev–Trinajstić information content (AvgIpc) is 2.28. The van der Waals surface area contributed by atoms with E-state index >= 15 is 0 Å². The molecule has 0 aliphatic heterocycles. The van der Waals surface area contributed by atoms with Crippen LogP contribution >= 0.6 is 23.2 Å². The molecule has 0 spiro atoms. The van der Waals surface area contributed by atoms with Crippen LogP contribution in [0.25, 0.3) is 0 Å². The van der Waals surface area contributed by atoms with E-state index in [1.807, 2.05) is 0 Å². The first kappa shape index (κ1) is 14.7. The average molecular weight is 278 g/mol. The van der Waals surface area contributed by atoms with Gasteiger partial charge in [0.15, 0.2) is 0 Å². The molecule has 0 amide bonds. The highest BCUT2D eigenvalue weighted by molar-refractivity contribution is 6.30. The van der Waals surface area contributed by atoms with Gasteiger partial charge in [0.2, 0.25) is 0 Å². The van der Waals surface area contributed by atoms with Gasteiger partial charge in [-0.1, -0.05) is 37.6 Å². The lowest BCUT2D eigenvalue weighted by molar-refractivity contribution is 0.440. The number of hydrogen-bond acceptors (Lipinski definition) is 1. The van der Waals surface area contributed by atoms with Crippen molar-refractivity contribution >= 4 is 23.2 Å². The van der Waals surface area contributed by atoms with Crippen LogP contribution in [0.2, 0.25) is 5.02 Å². The van der Waals surface area contributed by atoms with Gasteiger partial charge in [-0.15, -0.1) is 11.6 Å². The Labute approximate surface area is 112 Å². The monoisotopic (exact) mass is 277 g/mol. The van der Waals surface area contributed by atoms with Crippen molar-refractivity contribution in [1.82, 2.24) is 5.32 Å². The zero-order valence-electron chi connectivity index (χ0n) is 10.1. The van der Waals surface area contributed by atoms with Crippen LogP contribution in [0.5, 0.6) is 0 Å². The minimum absolute atomic E-state index is 0.163. The minimum Gasteiger partial charge on any atom is -0.309 e. The van der Waals surface area contributed by atoms with Crippen LogP contribution in [0, 0.1) is 11.7 Å². The maximum atomic E-state index is 13.6. The minimum atomic E-state index is -0.348. The molecule has 0 heterocycles. The summed E-state index contributed by atoms with van der Waals surface area (Å²) in [5, 5.41) is 3.42. The molecule has 0 aromatic heterocycles. The Bertz CT molecular complexity index is 355. The number of benzene rings is 1. The van der Waals surface area contributed by atoms with Crippen LogP contribution < -0.4 is 5.32 Å². The van der Waals surface area contributed by atoms with Gasteiger partial charge >= 0.3 is 0 Å². The molecule has 1 unspecified atom stereocenters. The highest BCUT2D eigenvalue weighted by Gasteiger charge is 2.11. The van der Waals surface area contributed by atoms with E-state index in [-0.39, 0.29) is 16.9 Å². The number of nitrogens with one attached hydrogen (secondary N) is 1. The van der Waals surface area contributed by atoms with E-state index in [1.54, 1.807) is 18.2 Å². The largest absolute Gasteiger partial charge is 0.309 e. The van der Waals surface area contributed by atoms with Crippen molar-refractivity contribution in [1.29, 1.82) is 0 Å². The van der Waals surface area contributed by atoms with E-state index in [2.05, 4.69) is 19.2 Å². The highest BCUT2D eigenvalue weighted by atomic mass is 35.5. The number of alkyl halides is 1. The van der Waals surface area contributed by atoms with Gasteiger partial charge in [0.25, 0.3) is 0 Å². The summed E-state index contributed by atoms with van der Waals surface area (Å²) >= 11 is 11.6. The first-order valence-corrected chi connectivity index (χ1v) is 6.68. The van der Waals surface area contributed by atoms with Crippen LogP contribution in [0.15, 0.2) is 18.2 Å². The molecule has 4 heteroatoms. The molecule has 1 nitrogen and oxygen atoms in total. The molecule has 0 saturated carbocycles. The first-order chi connectivity index (χ1) is 8.04. The molecular formula is C13H18Cl2FN. The molecule has 1 atom stereocenters. The molecule has 1 aromatic rings. The third-order valence-electron chi connectivity index (χ3n) is 2.55. The zero-order chi connectivity index (χ0) is 12.8. The summed E-state index contributed by atoms with van der Waals surface area (Å²) in [5.41, 5.74) is 0.580. The number of rotatable bonds is 6. The van der Waals surface area contributed by atoms with Crippen molar-refractivity contribution in [3.8, 4) is 0 Å². The normalized spacial score (nSPS) is 13.1. The van der Waals surface area contributed by atoms with Crippen LogP contribution in [0.1, 0.15) is 25.8 Å². The molecule has 0 radical (unpaired) electrons. The maximum Gasteiger partial charge on any atom is 0.146 e. The second-order valence-corrected chi connectivity index (χ2v) is 5.29. The van der Waals surface area contributed by atoms with Crippen molar-refractivity contribution in [3.63, 3.8) is 0 Å². The fourth-order valence-corrected chi connectivity index (χ4v) is 2.14. The molecule has 0 aliphatic rings.